The first-order valence-electron chi connectivity index (χ1n) is 4.32. The van der Waals surface area contributed by atoms with Crippen molar-refractivity contribution in [3.63, 3.8) is 0 Å². The second kappa shape index (κ2) is 2.58. The third-order valence-electron chi connectivity index (χ3n) is 2.49. The first-order chi connectivity index (χ1) is 6.55. The van der Waals surface area contributed by atoms with Crippen molar-refractivity contribution in [1.29, 1.82) is 5.26 Å². The van der Waals surface area contributed by atoms with Crippen LogP contribution in [0.2, 0.25) is 0 Å². The van der Waals surface area contributed by atoms with Crippen molar-refractivity contribution >= 4 is 5.97 Å². The van der Waals surface area contributed by atoms with Crippen LogP contribution in [-0.2, 0) is 10.2 Å². The van der Waals surface area contributed by atoms with E-state index in [9.17, 15) is 4.79 Å². The molecule has 0 bridgehead atoms. The summed E-state index contributed by atoms with van der Waals surface area (Å²) in [5.41, 5.74) is 0.707. The molecule has 1 heterocycles. The number of carbonyl (C=O) groups is 1. The molecule has 3 heteroatoms. The third kappa shape index (κ3) is 1.01. The van der Waals surface area contributed by atoms with Crippen LogP contribution >= 0.6 is 0 Å². The molecule has 0 amide bonds. The molecule has 0 aromatic heterocycles. The third-order valence-corrected chi connectivity index (χ3v) is 2.49. The monoisotopic (exact) mass is 187 g/mol. The van der Waals surface area contributed by atoms with Gasteiger partial charge in [0.2, 0.25) is 0 Å². The number of carbonyl (C=O) groups excluding carboxylic acids is 1. The Morgan fingerprint density at radius 1 is 1.43 bits per heavy atom. The second-order valence-corrected chi connectivity index (χ2v) is 3.84. The predicted octanol–water partition coefficient (Wildman–Crippen LogP) is 1.75. The fourth-order valence-electron chi connectivity index (χ4n) is 1.51. The number of hydrogen-bond donors (Lipinski definition) is 0. The van der Waals surface area contributed by atoms with Crippen LogP contribution in [0.3, 0.4) is 0 Å². The minimum absolute atomic E-state index is 0.261. The average Bonchev–Trinajstić information content (AvgIpc) is 2.38. The molecule has 0 unspecified atom stereocenters. The Morgan fingerprint density at radius 3 is 2.79 bits per heavy atom. The van der Waals surface area contributed by atoms with E-state index < -0.39 is 5.41 Å². The molecule has 0 radical (unpaired) electrons. The molecule has 1 aliphatic heterocycles. The Hall–Kier alpha value is -1.82. The largest absolute Gasteiger partial charge is 0.426 e. The summed E-state index contributed by atoms with van der Waals surface area (Å²) in [6.07, 6.45) is 0. The smallest absolute Gasteiger partial charge is 0.321 e. The lowest BCUT2D eigenvalue weighted by atomic mass is 9.85. The SMILES string of the molecule is CC1(C)C(=O)Oc2ccc(C#N)cc21. The maximum absolute atomic E-state index is 11.4. The van der Waals surface area contributed by atoms with Crippen molar-refractivity contribution in [1.82, 2.24) is 0 Å². The molecule has 0 saturated carbocycles. The zero-order chi connectivity index (χ0) is 10.3. The molecule has 0 saturated heterocycles. The van der Waals surface area contributed by atoms with E-state index in [-0.39, 0.29) is 5.97 Å². The Labute approximate surface area is 81.9 Å². The molecule has 0 atom stereocenters. The summed E-state index contributed by atoms with van der Waals surface area (Å²) in [7, 11) is 0. The summed E-state index contributed by atoms with van der Waals surface area (Å²) in [5.74, 6) is 0.307. The summed E-state index contributed by atoms with van der Waals surface area (Å²) in [6, 6.07) is 7.06. The maximum Gasteiger partial charge on any atom is 0.321 e. The highest BCUT2D eigenvalue weighted by Gasteiger charge is 2.40. The lowest BCUT2D eigenvalue weighted by molar-refractivity contribution is -0.137. The number of benzene rings is 1. The summed E-state index contributed by atoms with van der Waals surface area (Å²) in [6.45, 7) is 3.59. The molecule has 14 heavy (non-hydrogen) atoms. The fraction of sp³-hybridized carbons (Fsp3) is 0.273. The number of esters is 1. The van der Waals surface area contributed by atoms with Crippen molar-refractivity contribution < 1.29 is 9.53 Å². The maximum atomic E-state index is 11.4. The van der Waals surface area contributed by atoms with Gasteiger partial charge in [0.1, 0.15) is 5.75 Å². The topological polar surface area (TPSA) is 50.1 Å². The van der Waals surface area contributed by atoms with Gasteiger partial charge in [0.15, 0.2) is 0 Å². The van der Waals surface area contributed by atoms with E-state index in [2.05, 4.69) is 0 Å². The van der Waals surface area contributed by atoms with Gasteiger partial charge in [-0.25, -0.2) is 0 Å². The molecule has 1 aromatic rings. The van der Waals surface area contributed by atoms with Gasteiger partial charge < -0.3 is 4.74 Å². The van der Waals surface area contributed by atoms with Crippen LogP contribution in [0.5, 0.6) is 5.75 Å². The van der Waals surface area contributed by atoms with Crippen LogP contribution < -0.4 is 4.74 Å². The molecule has 70 valence electrons. The van der Waals surface area contributed by atoms with Crippen LogP contribution in [0.25, 0.3) is 0 Å². The molecule has 0 spiro atoms. The zero-order valence-corrected chi connectivity index (χ0v) is 8.00. The van der Waals surface area contributed by atoms with Gasteiger partial charge in [-0.15, -0.1) is 0 Å². The quantitative estimate of drug-likeness (QED) is 0.459. The fourth-order valence-corrected chi connectivity index (χ4v) is 1.51. The molecule has 1 aromatic carbocycles. The van der Waals surface area contributed by atoms with E-state index in [0.717, 1.165) is 5.56 Å². The van der Waals surface area contributed by atoms with Crippen molar-refractivity contribution in [3.05, 3.63) is 29.3 Å². The van der Waals surface area contributed by atoms with E-state index in [4.69, 9.17) is 10.00 Å². The van der Waals surface area contributed by atoms with Gasteiger partial charge in [0.25, 0.3) is 0 Å². The van der Waals surface area contributed by atoms with Crippen molar-refractivity contribution in [2.75, 3.05) is 0 Å². The number of rotatable bonds is 0. The van der Waals surface area contributed by atoms with Crippen LogP contribution in [-0.4, -0.2) is 5.97 Å². The number of nitrogens with zero attached hydrogens (tertiary/aromatic N) is 1. The minimum Gasteiger partial charge on any atom is -0.426 e. The molecule has 0 aliphatic carbocycles. The molecular weight excluding hydrogens is 178 g/mol. The summed E-state index contributed by atoms with van der Waals surface area (Å²) >= 11 is 0. The van der Waals surface area contributed by atoms with Gasteiger partial charge in [0, 0.05) is 5.56 Å². The standard InChI is InChI=1S/C11H9NO2/c1-11(2)8-5-7(6-12)3-4-9(8)14-10(11)13/h3-5H,1-2H3. The lowest BCUT2D eigenvalue weighted by Crippen LogP contribution is -2.25. The highest BCUT2D eigenvalue weighted by Crippen LogP contribution is 2.39. The second-order valence-electron chi connectivity index (χ2n) is 3.84. The van der Waals surface area contributed by atoms with Crippen molar-refractivity contribution in [3.8, 4) is 11.8 Å². The van der Waals surface area contributed by atoms with Gasteiger partial charge in [-0.3, -0.25) is 4.79 Å². The predicted molar refractivity (Wildman–Crippen MR) is 49.8 cm³/mol. The normalized spacial score (nSPS) is 17.1. The summed E-state index contributed by atoms with van der Waals surface area (Å²) in [5, 5.41) is 8.73. The molecule has 0 fully saturated rings. The van der Waals surface area contributed by atoms with E-state index in [1.165, 1.54) is 0 Å². The Balaban J connectivity index is 2.64. The number of ether oxygens (including phenoxy) is 1. The Bertz CT molecular complexity index is 455. The van der Waals surface area contributed by atoms with Gasteiger partial charge in [0.05, 0.1) is 17.0 Å². The first-order valence-corrected chi connectivity index (χ1v) is 4.32. The van der Waals surface area contributed by atoms with Crippen LogP contribution in [0, 0.1) is 11.3 Å². The highest BCUT2D eigenvalue weighted by atomic mass is 16.5. The van der Waals surface area contributed by atoms with E-state index in [1.807, 2.05) is 6.07 Å². The highest BCUT2D eigenvalue weighted by molar-refractivity contribution is 5.89. The molecular formula is C11H9NO2. The van der Waals surface area contributed by atoms with Crippen LogP contribution in [0.15, 0.2) is 18.2 Å². The first kappa shape index (κ1) is 8.76. The van der Waals surface area contributed by atoms with Gasteiger partial charge in [-0.05, 0) is 32.0 Å². The minimum atomic E-state index is -0.637. The summed E-state index contributed by atoms with van der Waals surface area (Å²) < 4.78 is 5.07. The summed E-state index contributed by atoms with van der Waals surface area (Å²) in [4.78, 5) is 11.4. The zero-order valence-electron chi connectivity index (χ0n) is 8.00. The van der Waals surface area contributed by atoms with Gasteiger partial charge >= 0.3 is 5.97 Å². The Kier molecular flexibility index (Phi) is 1.62. The van der Waals surface area contributed by atoms with Gasteiger partial charge in [-0.1, -0.05) is 0 Å². The van der Waals surface area contributed by atoms with E-state index in [1.54, 1.807) is 32.0 Å². The Morgan fingerprint density at radius 2 is 2.14 bits per heavy atom. The molecule has 3 nitrogen and oxygen atoms in total. The number of fused-ring (bicyclic) bond motifs is 1. The lowest BCUT2D eigenvalue weighted by Gasteiger charge is -2.12. The number of hydrogen-bond acceptors (Lipinski definition) is 3. The van der Waals surface area contributed by atoms with E-state index in [0.29, 0.717) is 11.3 Å². The molecule has 0 N–H and O–H groups in total. The van der Waals surface area contributed by atoms with Crippen LogP contribution in [0.4, 0.5) is 0 Å². The van der Waals surface area contributed by atoms with Crippen molar-refractivity contribution in [2.45, 2.75) is 19.3 Å². The molecule has 2 rings (SSSR count). The molecule has 1 aliphatic rings. The average molecular weight is 187 g/mol. The van der Waals surface area contributed by atoms with Crippen molar-refractivity contribution in [2.24, 2.45) is 0 Å². The number of nitriles is 1. The van der Waals surface area contributed by atoms with Crippen LogP contribution in [0.1, 0.15) is 25.0 Å². The van der Waals surface area contributed by atoms with Gasteiger partial charge in [-0.2, -0.15) is 5.26 Å². The van der Waals surface area contributed by atoms with E-state index >= 15 is 0 Å².